The normalized spacial score (nSPS) is 55.0. The van der Waals surface area contributed by atoms with E-state index in [1.807, 2.05) is 0 Å². The van der Waals surface area contributed by atoms with Crippen LogP contribution in [0.15, 0.2) is 0 Å². The van der Waals surface area contributed by atoms with Crippen LogP contribution < -0.4 is 0 Å². The van der Waals surface area contributed by atoms with E-state index < -0.39 is 0 Å². The minimum Gasteiger partial charge on any atom is -0.393 e. The van der Waals surface area contributed by atoms with Crippen molar-refractivity contribution in [3.63, 3.8) is 0 Å². The summed E-state index contributed by atoms with van der Waals surface area (Å²) in [6, 6.07) is 0. The molecule has 0 amide bonds. The van der Waals surface area contributed by atoms with Gasteiger partial charge < -0.3 is 5.11 Å². The highest BCUT2D eigenvalue weighted by atomic mass is 16.3. The third-order valence-corrected chi connectivity index (χ3v) is 8.58. The molecule has 124 valence electrons. The van der Waals surface area contributed by atoms with Crippen LogP contribution in [0.3, 0.4) is 0 Å². The fourth-order valence-electron chi connectivity index (χ4n) is 7.20. The van der Waals surface area contributed by atoms with Crippen LogP contribution in [0, 0.1) is 34.5 Å². The standard InChI is InChI=1S/C20H32O2/c1-19-10-8-14(21)12-13(19)6-7-15-16-4-3-5-18(22)20(16,2)11-9-17(15)19/h13-17,21H,3-12H2,1-2H3/t13-,14-,15-,16+,17-,19-,20+/m0/s1. The van der Waals surface area contributed by atoms with Crippen molar-refractivity contribution in [2.75, 3.05) is 0 Å². The third kappa shape index (κ3) is 1.98. The topological polar surface area (TPSA) is 37.3 Å². The molecule has 22 heavy (non-hydrogen) atoms. The molecule has 0 unspecified atom stereocenters. The van der Waals surface area contributed by atoms with Gasteiger partial charge in [-0.15, -0.1) is 0 Å². The van der Waals surface area contributed by atoms with Crippen LogP contribution in [0.1, 0.15) is 78.1 Å². The first-order chi connectivity index (χ1) is 10.4. The number of aliphatic hydroxyl groups excluding tert-OH is 1. The number of hydrogen-bond acceptors (Lipinski definition) is 2. The van der Waals surface area contributed by atoms with Crippen molar-refractivity contribution >= 4 is 5.78 Å². The van der Waals surface area contributed by atoms with Gasteiger partial charge in [0.1, 0.15) is 5.78 Å². The molecule has 0 radical (unpaired) electrons. The maximum Gasteiger partial charge on any atom is 0.139 e. The second kappa shape index (κ2) is 5.06. The SMILES string of the molecule is C[C@]12CC[C@H](O)C[C@@H]1CC[C@H]1[C@H]3CCCC(=O)[C@]3(C)CC[C@@H]12. The summed E-state index contributed by atoms with van der Waals surface area (Å²) < 4.78 is 0. The molecular formula is C20H32O2. The Morgan fingerprint density at radius 1 is 1.00 bits per heavy atom. The van der Waals surface area contributed by atoms with E-state index in [4.69, 9.17) is 0 Å². The van der Waals surface area contributed by atoms with Crippen LogP contribution >= 0.6 is 0 Å². The molecular weight excluding hydrogens is 272 g/mol. The second-order valence-electron chi connectivity index (χ2n) is 9.36. The van der Waals surface area contributed by atoms with Gasteiger partial charge in [0, 0.05) is 11.8 Å². The van der Waals surface area contributed by atoms with Gasteiger partial charge in [-0.05, 0) is 86.9 Å². The Bertz CT molecular complexity index is 472. The zero-order chi connectivity index (χ0) is 15.5. The maximum atomic E-state index is 12.6. The van der Waals surface area contributed by atoms with Gasteiger partial charge in [-0.1, -0.05) is 13.8 Å². The highest BCUT2D eigenvalue weighted by Crippen LogP contribution is 2.64. The summed E-state index contributed by atoms with van der Waals surface area (Å²) in [5.74, 6) is 3.52. The molecule has 4 aliphatic rings. The Hall–Kier alpha value is -0.370. The van der Waals surface area contributed by atoms with Gasteiger partial charge in [-0.3, -0.25) is 4.79 Å². The van der Waals surface area contributed by atoms with Crippen molar-refractivity contribution in [2.24, 2.45) is 34.5 Å². The monoisotopic (exact) mass is 304 g/mol. The first kappa shape index (κ1) is 15.2. The van der Waals surface area contributed by atoms with Crippen LogP contribution in [-0.4, -0.2) is 17.0 Å². The molecule has 0 aromatic rings. The number of fused-ring (bicyclic) bond motifs is 5. The summed E-state index contributed by atoms with van der Waals surface area (Å²) in [7, 11) is 0. The van der Waals surface area contributed by atoms with E-state index in [2.05, 4.69) is 13.8 Å². The number of rotatable bonds is 0. The van der Waals surface area contributed by atoms with Crippen LogP contribution in [-0.2, 0) is 4.79 Å². The summed E-state index contributed by atoms with van der Waals surface area (Å²) in [6.45, 7) is 4.81. The Morgan fingerprint density at radius 2 is 1.82 bits per heavy atom. The zero-order valence-corrected chi connectivity index (χ0v) is 14.3. The fraction of sp³-hybridized carbons (Fsp3) is 0.950. The minimum atomic E-state index is -0.0558. The average molecular weight is 304 g/mol. The third-order valence-electron chi connectivity index (χ3n) is 8.58. The summed E-state index contributed by atoms with van der Waals surface area (Å²) >= 11 is 0. The Labute approximate surface area is 135 Å². The van der Waals surface area contributed by atoms with Crippen LogP contribution in [0.5, 0.6) is 0 Å². The van der Waals surface area contributed by atoms with Crippen molar-refractivity contribution in [3.8, 4) is 0 Å². The van der Waals surface area contributed by atoms with Gasteiger partial charge >= 0.3 is 0 Å². The smallest absolute Gasteiger partial charge is 0.139 e. The molecule has 0 saturated heterocycles. The molecule has 0 bridgehead atoms. The van der Waals surface area contributed by atoms with Gasteiger partial charge in [0.15, 0.2) is 0 Å². The molecule has 4 rings (SSSR count). The lowest BCUT2D eigenvalue weighted by molar-refractivity contribution is -0.158. The van der Waals surface area contributed by atoms with Crippen LogP contribution in [0.25, 0.3) is 0 Å². The molecule has 1 N–H and O–H groups in total. The van der Waals surface area contributed by atoms with E-state index in [0.29, 0.717) is 17.1 Å². The van der Waals surface area contributed by atoms with Gasteiger partial charge in [-0.25, -0.2) is 0 Å². The van der Waals surface area contributed by atoms with Gasteiger partial charge in [0.25, 0.3) is 0 Å². The number of Topliss-reactive ketones (excluding diaryl/α,β-unsaturated/α-hetero) is 1. The number of carbonyl (C=O) groups is 1. The predicted octanol–water partition coefficient (Wildman–Crippen LogP) is 4.35. The Morgan fingerprint density at radius 3 is 2.64 bits per heavy atom. The summed E-state index contributed by atoms with van der Waals surface area (Å²) in [5, 5.41) is 10.1. The van der Waals surface area contributed by atoms with Gasteiger partial charge in [-0.2, -0.15) is 0 Å². The highest BCUT2D eigenvalue weighted by molar-refractivity contribution is 5.85. The maximum absolute atomic E-state index is 12.6. The van der Waals surface area contributed by atoms with Crippen molar-refractivity contribution in [3.05, 3.63) is 0 Å². The van der Waals surface area contributed by atoms with Crippen molar-refractivity contribution in [1.29, 1.82) is 0 Å². The number of aliphatic hydroxyl groups is 1. The summed E-state index contributed by atoms with van der Waals surface area (Å²) in [4.78, 5) is 12.6. The fourth-order valence-corrected chi connectivity index (χ4v) is 7.20. The lowest BCUT2D eigenvalue weighted by atomic mass is 9.43. The number of hydrogen-bond donors (Lipinski definition) is 1. The quantitative estimate of drug-likeness (QED) is 0.722. The average Bonchev–Trinajstić information content (AvgIpc) is 2.49. The second-order valence-corrected chi connectivity index (χ2v) is 9.36. The first-order valence-electron chi connectivity index (χ1n) is 9.66. The van der Waals surface area contributed by atoms with Crippen molar-refractivity contribution < 1.29 is 9.90 Å². The van der Waals surface area contributed by atoms with E-state index in [0.717, 1.165) is 49.9 Å². The van der Waals surface area contributed by atoms with Crippen molar-refractivity contribution in [1.82, 2.24) is 0 Å². The Balaban J connectivity index is 1.63. The number of ketones is 1. The van der Waals surface area contributed by atoms with E-state index in [1.165, 1.54) is 32.1 Å². The molecule has 7 atom stereocenters. The predicted molar refractivity (Wildman–Crippen MR) is 87.4 cm³/mol. The molecule has 0 aromatic carbocycles. The lowest BCUT2D eigenvalue weighted by Gasteiger charge is -2.61. The largest absolute Gasteiger partial charge is 0.393 e. The molecule has 4 aliphatic carbocycles. The molecule has 2 nitrogen and oxygen atoms in total. The lowest BCUT2D eigenvalue weighted by Crippen LogP contribution is -2.56. The summed E-state index contributed by atoms with van der Waals surface area (Å²) in [5.41, 5.74) is 0.431. The van der Waals surface area contributed by atoms with E-state index in [9.17, 15) is 9.90 Å². The molecule has 0 heterocycles. The zero-order valence-electron chi connectivity index (χ0n) is 14.3. The Kier molecular flexibility index (Phi) is 3.49. The van der Waals surface area contributed by atoms with Gasteiger partial charge in [0.2, 0.25) is 0 Å². The minimum absolute atomic E-state index is 0.00318. The van der Waals surface area contributed by atoms with Crippen LogP contribution in [0.4, 0.5) is 0 Å². The number of carbonyl (C=O) groups excluding carboxylic acids is 1. The molecule has 4 saturated carbocycles. The van der Waals surface area contributed by atoms with Gasteiger partial charge in [0.05, 0.1) is 6.10 Å². The molecule has 4 fully saturated rings. The molecule has 0 spiro atoms. The van der Waals surface area contributed by atoms with E-state index in [-0.39, 0.29) is 11.5 Å². The van der Waals surface area contributed by atoms with Crippen molar-refractivity contribution in [2.45, 2.75) is 84.2 Å². The van der Waals surface area contributed by atoms with Crippen LogP contribution in [0.2, 0.25) is 0 Å². The van der Waals surface area contributed by atoms with E-state index >= 15 is 0 Å². The molecule has 0 aromatic heterocycles. The molecule has 0 aliphatic heterocycles. The highest BCUT2D eigenvalue weighted by Gasteiger charge is 2.58. The van der Waals surface area contributed by atoms with E-state index in [1.54, 1.807) is 0 Å². The first-order valence-corrected chi connectivity index (χ1v) is 9.66. The molecule has 2 heteroatoms. The summed E-state index contributed by atoms with van der Waals surface area (Å²) in [6.07, 6.45) is 11.4.